The van der Waals surface area contributed by atoms with Crippen LogP contribution in [0.25, 0.3) is 11.0 Å². The Hall–Kier alpha value is -3.30. The lowest BCUT2D eigenvalue weighted by atomic mass is 10.3. The second-order valence-corrected chi connectivity index (χ2v) is 5.69. The van der Waals surface area contributed by atoms with E-state index in [9.17, 15) is 18.0 Å². The molecule has 2 heterocycles. The SMILES string of the molecule is NC(=O)CCn1ccc2c(NC3=CCC=C(OC(F)(F)F)C=C3)ncnc21. The highest BCUT2D eigenvalue weighted by atomic mass is 19.4. The van der Waals surface area contributed by atoms with E-state index in [1.807, 2.05) is 0 Å². The summed E-state index contributed by atoms with van der Waals surface area (Å²) in [4.78, 5) is 19.4. The van der Waals surface area contributed by atoms with Gasteiger partial charge in [0.1, 0.15) is 23.6 Å². The van der Waals surface area contributed by atoms with E-state index in [0.29, 0.717) is 29.1 Å². The molecule has 3 N–H and O–H groups in total. The molecule has 0 aromatic carbocycles. The Labute approximate surface area is 152 Å². The minimum Gasteiger partial charge on any atom is -0.406 e. The maximum atomic E-state index is 12.3. The molecular formula is C17H16F3N5O2. The third kappa shape index (κ3) is 4.87. The summed E-state index contributed by atoms with van der Waals surface area (Å²) in [6.07, 6.45) is 4.58. The van der Waals surface area contributed by atoms with Crippen molar-refractivity contribution in [1.29, 1.82) is 0 Å². The van der Waals surface area contributed by atoms with Gasteiger partial charge in [-0.3, -0.25) is 4.79 Å². The van der Waals surface area contributed by atoms with E-state index in [0.717, 1.165) is 0 Å². The van der Waals surface area contributed by atoms with Gasteiger partial charge in [0.05, 0.1) is 5.39 Å². The number of ether oxygens (including phenoxy) is 1. The fourth-order valence-electron chi connectivity index (χ4n) is 2.56. The van der Waals surface area contributed by atoms with Gasteiger partial charge in [0.15, 0.2) is 0 Å². The molecule has 0 atom stereocenters. The summed E-state index contributed by atoms with van der Waals surface area (Å²) in [6.45, 7) is 0.389. The molecule has 0 spiro atoms. The number of fused-ring (bicyclic) bond motifs is 1. The number of carbonyl (C=O) groups is 1. The van der Waals surface area contributed by atoms with Gasteiger partial charge in [0.2, 0.25) is 5.91 Å². The Morgan fingerprint density at radius 3 is 2.85 bits per heavy atom. The number of allylic oxidation sites excluding steroid dienone is 4. The van der Waals surface area contributed by atoms with E-state index in [-0.39, 0.29) is 18.6 Å². The van der Waals surface area contributed by atoms with Crippen LogP contribution < -0.4 is 11.1 Å². The maximum absolute atomic E-state index is 12.3. The number of rotatable bonds is 6. The molecular weight excluding hydrogens is 363 g/mol. The third-order valence-electron chi connectivity index (χ3n) is 3.74. The molecule has 10 heteroatoms. The number of aryl methyl sites for hydroxylation is 1. The van der Waals surface area contributed by atoms with Crippen molar-refractivity contribution >= 4 is 22.8 Å². The molecule has 142 valence electrons. The highest BCUT2D eigenvalue weighted by molar-refractivity contribution is 5.88. The molecule has 0 fully saturated rings. The van der Waals surface area contributed by atoms with Crippen LogP contribution >= 0.6 is 0 Å². The van der Waals surface area contributed by atoms with Crippen LogP contribution in [0.4, 0.5) is 19.0 Å². The number of halogens is 3. The van der Waals surface area contributed by atoms with Gasteiger partial charge in [-0.25, -0.2) is 9.97 Å². The minimum atomic E-state index is -4.74. The highest BCUT2D eigenvalue weighted by Crippen LogP contribution is 2.25. The molecule has 0 bridgehead atoms. The zero-order valence-electron chi connectivity index (χ0n) is 14.0. The van der Waals surface area contributed by atoms with Gasteiger partial charge < -0.3 is 20.4 Å². The molecule has 1 aliphatic carbocycles. The number of anilines is 1. The summed E-state index contributed by atoms with van der Waals surface area (Å²) in [5.41, 5.74) is 6.36. The summed E-state index contributed by atoms with van der Waals surface area (Å²) in [7, 11) is 0. The van der Waals surface area contributed by atoms with Crippen LogP contribution in [0, 0.1) is 0 Å². The van der Waals surface area contributed by atoms with Crippen molar-refractivity contribution in [2.45, 2.75) is 25.7 Å². The van der Waals surface area contributed by atoms with Gasteiger partial charge in [-0.1, -0.05) is 6.08 Å². The standard InChI is InChI=1S/C17H16F3N5O2/c18-17(19,20)27-12-3-1-2-11(4-5-12)24-15-13-6-8-25(9-7-14(21)26)16(13)23-10-22-15/h2-6,8,10H,1,7,9H2,(H2,21,26)(H,22,23,24). The molecule has 7 nitrogen and oxygen atoms in total. The van der Waals surface area contributed by atoms with Gasteiger partial charge in [-0.15, -0.1) is 13.2 Å². The van der Waals surface area contributed by atoms with E-state index < -0.39 is 12.3 Å². The number of nitrogens with one attached hydrogen (secondary N) is 1. The van der Waals surface area contributed by atoms with Crippen LogP contribution in [0.2, 0.25) is 0 Å². The van der Waals surface area contributed by atoms with Crippen molar-refractivity contribution in [2.24, 2.45) is 5.73 Å². The molecule has 27 heavy (non-hydrogen) atoms. The first kappa shape index (κ1) is 18.5. The van der Waals surface area contributed by atoms with Gasteiger partial charge in [-0.05, 0) is 30.7 Å². The Morgan fingerprint density at radius 1 is 1.30 bits per heavy atom. The smallest absolute Gasteiger partial charge is 0.406 e. The number of primary amides is 1. The molecule has 0 unspecified atom stereocenters. The van der Waals surface area contributed by atoms with Gasteiger partial charge in [0, 0.05) is 24.9 Å². The van der Waals surface area contributed by atoms with Gasteiger partial charge >= 0.3 is 6.36 Å². The summed E-state index contributed by atoms with van der Waals surface area (Å²) in [5, 5.41) is 3.78. The van der Waals surface area contributed by atoms with Crippen LogP contribution in [-0.2, 0) is 16.1 Å². The average Bonchev–Trinajstić information content (AvgIpc) is 2.88. The van der Waals surface area contributed by atoms with Crippen molar-refractivity contribution < 1.29 is 22.7 Å². The molecule has 0 aliphatic heterocycles. The number of nitrogens with zero attached hydrogens (tertiary/aromatic N) is 3. The predicted molar refractivity (Wildman–Crippen MR) is 92.0 cm³/mol. The number of alkyl halides is 3. The normalized spacial score (nSPS) is 14.5. The quantitative estimate of drug-likeness (QED) is 0.805. The van der Waals surface area contributed by atoms with E-state index in [1.54, 1.807) is 22.9 Å². The first-order valence-corrected chi connectivity index (χ1v) is 8.01. The molecule has 0 saturated heterocycles. The van der Waals surface area contributed by atoms with Crippen LogP contribution in [0.1, 0.15) is 12.8 Å². The Balaban J connectivity index is 1.76. The van der Waals surface area contributed by atoms with E-state index >= 15 is 0 Å². The number of hydrogen-bond acceptors (Lipinski definition) is 5. The summed E-state index contributed by atoms with van der Waals surface area (Å²) in [6, 6.07) is 1.79. The fourth-order valence-corrected chi connectivity index (χ4v) is 2.56. The minimum absolute atomic E-state index is 0.179. The molecule has 1 amide bonds. The molecule has 0 saturated carbocycles. The molecule has 2 aromatic heterocycles. The lowest BCUT2D eigenvalue weighted by molar-refractivity contribution is -0.303. The van der Waals surface area contributed by atoms with E-state index in [1.165, 1.54) is 24.6 Å². The zero-order valence-corrected chi connectivity index (χ0v) is 14.0. The average molecular weight is 379 g/mol. The van der Waals surface area contributed by atoms with E-state index in [4.69, 9.17) is 5.73 Å². The van der Waals surface area contributed by atoms with Crippen LogP contribution in [0.15, 0.2) is 54.4 Å². The number of hydrogen-bond donors (Lipinski definition) is 2. The van der Waals surface area contributed by atoms with Crippen molar-refractivity contribution in [3.05, 3.63) is 54.4 Å². The highest BCUT2D eigenvalue weighted by Gasteiger charge is 2.31. The van der Waals surface area contributed by atoms with Gasteiger partial charge in [0.25, 0.3) is 0 Å². The predicted octanol–water partition coefficient (Wildman–Crippen LogP) is 2.98. The van der Waals surface area contributed by atoms with Crippen molar-refractivity contribution in [1.82, 2.24) is 14.5 Å². The zero-order chi connectivity index (χ0) is 19.4. The lowest BCUT2D eigenvalue weighted by Gasteiger charge is -2.09. The topological polar surface area (TPSA) is 95.1 Å². The monoisotopic (exact) mass is 379 g/mol. The number of amides is 1. The first-order valence-electron chi connectivity index (χ1n) is 8.01. The fraction of sp³-hybridized carbons (Fsp3) is 0.235. The molecule has 2 aromatic rings. The number of nitrogens with two attached hydrogens (primary N) is 1. The van der Waals surface area contributed by atoms with Crippen LogP contribution in [-0.4, -0.2) is 26.8 Å². The largest absolute Gasteiger partial charge is 0.573 e. The van der Waals surface area contributed by atoms with Crippen LogP contribution in [0.3, 0.4) is 0 Å². The van der Waals surface area contributed by atoms with Crippen molar-refractivity contribution in [2.75, 3.05) is 5.32 Å². The number of aromatic nitrogens is 3. The molecule has 1 aliphatic rings. The number of carbonyl (C=O) groups excluding carboxylic acids is 1. The lowest BCUT2D eigenvalue weighted by Crippen LogP contribution is -2.13. The Bertz CT molecular complexity index is 944. The second kappa shape index (κ2) is 7.52. The Kier molecular flexibility index (Phi) is 5.15. The van der Waals surface area contributed by atoms with Gasteiger partial charge in [-0.2, -0.15) is 0 Å². The molecule has 0 radical (unpaired) electrons. The summed E-state index contributed by atoms with van der Waals surface area (Å²) >= 11 is 0. The van der Waals surface area contributed by atoms with Crippen molar-refractivity contribution in [3.8, 4) is 0 Å². The first-order chi connectivity index (χ1) is 12.8. The van der Waals surface area contributed by atoms with Crippen molar-refractivity contribution in [3.63, 3.8) is 0 Å². The summed E-state index contributed by atoms with van der Waals surface area (Å²) < 4.78 is 42.7. The molecule has 3 rings (SSSR count). The Morgan fingerprint density at radius 2 is 2.11 bits per heavy atom. The van der Waals surface area contributed by atoms with E-state index in [2.05, 4.69) is 20.0 Å². The summed E-state index contributed by atoms with van der Waals surface area (Å²) in [5.74, 6) is -0.197. The van der Waals surface area contributed by atoms with Crippen LogP contribution in [0.5, 0.6) is 0 Å². The third-order valence-corrected chi connectivity index (χ3v) is 3.74. The second-order valence-electron chi connectivity index (χ2n) is 5.69. The maximum Gasteiger partial charge on any atom is 0.573 e.